The summed E-state index contributed by atoms with van der Waals surface area (Å²) in [5, 5.41) is 9.28. The van der Waals surface area contributed by atoms with Gasteiger partial charge in [0.25, 0.3) is 10.0 Å². The second-order valence-electron chi connectivity index (χ2n) is 3.66. The topological polar surface area (TPSA) is 83.5 Å². The third-order valence-corrected chi connectivity index (χ3v) is 5.99. The van der Waals surface area contributed by atoms with Gasteiger partial charge in [0.2, 0.25) is 0 Å². The van der Waals surface area contributed by atoms with Gasteiger partial charge in [0.1, 0.15) is 4.21 Å². The van der Waals surface area contributed by atoms with Crippen LogP contribution >= 0.6 is 38.9 Å². The van der Waals surface area contributed by atoms with Crippen molar-refractivity contribution in [1.82, 2.24) is 0 Å². The van der Waals surface area contributed by atoms with E-state index in [0.29, 0.717) is 3.79 Å². The Bertz CT molecular complexity index is 772. The third-order valence-electron chi connectivity index (χ3n) is 2.27. The fourth-order valence-corrected chi connectivity index (χ4v) is 4.68. The van der Waals surface area contributed by atoms with E-state index >= 15 is 0 Å². The van der Waals surface area contributed by atoms with Crippen LogP contribution < -0.4 is 4.72 Å². The molecule has 106 valence electrons. The normalized spacial score (nSPS) is 11.3. The molecule has 0 unspecified atom stereocenters. The first-order chi connectivity index (χ1) is 9.29. The Labute approximate surface area is 132 Å². The highest BCUT2D eigenvalue weighted by molar-refractivity contribution is 9.11. The van der Waals surface area contributed by atoms with Crippen molar-refractivity contribution in [2.45, 2.75) is 4.21 Å². The van der Waals surface area contributed by atoms with Gasteiger partial charge < -0.3 is 5.11 Å². The highest BCUT2D eigenvalue weighted by atomic mass is 79.9. The molecule has 1 aromatic carbocycles. The summed E-state index contributed by atoms with van der Waals surface area (Å²) in [6, 6.07) is 6.89. The van der Waals surface area contributed by atoms with Crippen LogP contribution in [0.15, 0.2) is 38.3 Å². The number of carbonyl (C=O) groups is 1. The minimum absolute atomic E-state index is 0.0701. The standard InChI is InChI=1S/C11H7BrClNO4S2/c12-9-3-4-10(19-9)20(17,18)14-8-5-6(13)1-2-7(8)11(15)16/h1-5,14H,(H,15,16). The van der Waals surface area contributed by atoms with Gasteiger partial charge in [0.05, 0.1) is 15.0 Å². The van der Waals surface area contributed by atoms with Gasteiger partial charge in [-0.15, -0.1) is 11.3 Å². The van der Waals surface area contributed by atoms with Crippen molar-refractivity contribution in [3.8, 4) is 0 Å². The van der Waals surface area contributed by atoms with Crippen molar-refractivity contribution < 1.29 is 18.3 Å². The molecule has 0 fully saturated rings. The summed E-state index contributed by atoms with van der Waals surface area (Å²) in [7, 11) is -3.85. The second kappa shape index (κ2) is 5.72. The molecule has 0 aliphatic rings. The molecule has 0 amide bonds. The molecule has 2 N–H and O–H groups in total. The Morgan fingerprint density at radius 2 is 2.00 bits per heavy atom. The van der Waals surface area contributed by atoms with E-state index in [-0.39, 0.29) is 20.5 Å². The Balaban J connectivity index is 2.44. The van der Waals surface area contributed by atoms with Crippen molar-refractivity contribution >= 4 is 60.5 Å². The van der Waals surface area contributed by atoms with Gasteiger partial charge in [0.15, 0.2) is 0 Å². The Hall–Kier alpha value is -1.09. The van der Waals surface area contributed by atoms with Crippen molar-refractivity contribution in [1.29, 1.82) is 0 Å². The van der Waals surface area contributed by atoms with Crippen molar-refractivity contribution in [2.24, 2.45) is 0 Å². The molecular weight excluding hydrogens is 390 g/mol. The van der Waals surface area contributed by atoms with E-state index < -0.39 is 16.0 Å². The first-order valence-electron chi connectivity index (χ1n) is 5.10. The first-order valence-corrected chi connectivity index (χ1v) is 8.57. The summed E-state index contributed by atoms with van der Waals surface area (Å²) in [6.07, 6.45) is 0. The number of thiophene rings is 1. The highest BCUT2D eigenvalue weighted by Gasteiger charge is 2.20. The zero-order valence-electron chi connectivity index (χ0n) is 9.63. The summed E-state index contributed by atoms with van der Waals surface area (Å²) < 4.78 is 27.2. The number of sulfonamides is 1. The molecule has 1 heterocycles. The van der Waals surface area contributed by atoms with Crippen LogP contribution in [-0.4, -0.2) is 19.5 Å². The van der Waals surface area contributed by atoms with Crippen LogP contribution in [0.5, 0.6) is 0 Å². The van der Waals surface area contributed by atoms with Gasteiger partial charge in [-0.2, -0.15) is 0 Å². The number of hydrogen-bond donors (Lipinski definition) is 2. The van der Waals surface area contributed by atoms with E-state index in [0.717, 1.165) is 11.3 Å². The molecule has 9 heteroatoms. The maximum Gasteiger partial charge on any atom is 0.337 e. The van der Waals surface area contributed by atoms with Gasteiger partial charge in [-0.1, -0.05) is 11.6 Å². The maximum absolute atomic E-state index is 12.1. The largest absolute Gasteiger partial charge is 0.478 e. The molecule has 1 aromatic heterocycles. The monoisotopic (exact) mass is 395 g/mol. The smallest absolute Gasteiger partial charge is 0.337 e. The van der Waals surface area contributed by atoms with Crippen molar-refractivity contribution in [3.05, 3.63) is 44.7 Å². The molecule has 2 aromatic rings. The van der Waals surface area contributed by atoms with Gasteiger partial charge in [-0.25, -0.2) is 13.2 Å². The number of nitrogens with one attached hydrogen (secondary N) is 1. The lowest BCUT2D eigenvalue weighted by atomic mass is 10.2. The molecule has 0 saturated carbocycles. The number of aromatic carboxylic acids is 1. The van der Waals surface area contributed by atoms with Crippen molar-refractivity contribution in [2.75, 3.05) is 4.72 Å². The van der Waals surface area contributed by atoms with Crippen LogP contribution in [0.4, 0.5) is 5.69 Å². The summed E-state index contributed by atoms with van der Waals surface area (Å²) in [6.45, 7) is 0. The van der Waals surface area contributed by atoms with E-state index in [1.165, 1.54) is 24.3 Å². The summed E-state index contributed by atoms with van der Waals surface area (Å²) in [4.78, 5) is 11.1. The van der Waals surface area contributed by atoms with E-state index in [4.69, 9.17) is 16.7 Å². The molecular formula is C11H7BrClNO4S2. The molecule has 0 atom stereocenters. The van der Waals surface area contributed by atoms with Gasteiger partial charge in [0, 0.05) is 5.02 Å². The van der Waals surface area contributed by atoms with Gasteiger partial charge >= 0.3 is 5.97 Å². The average molecular weight is 397 g/mol. The predicted octanol–water partition coefficient (Wildman–Crippen LogP) is 3.66. The fourth-order valence-electron chi connectivity index (χ4n) is 1.42. The average Bonchev–Trinajstić information content (AvgIpc) is 2.75. The molecule has 2 rings (SSSR count). The number of hydrogen-bond acceptors (Lipinski definition) is 4. The zero-order valence-corrected chi connectivity index (χ0v) is 13.6. The minimum Gasteiger partial charge on any atom is -0.478 e. The summed E-state index contributed by atoms with van der Waals surface area (Å²) in [5.41, 5.74) is -0.247. The third kappa shape index (κ3) is 3.32. The fraction of sp³-hybridized carbons (Fsp3) is 0. The van der Waals surface area contributed by atoms with Crippen LogP contribution in [0, 0.1) is 0 Å². The second-order valence-corrected chi connectivity index (χ2v) is 8.47. The highest BCUT2D eigenvalue weighted by Crippen LogP contribution is 2.29. The van der Waals surface area contributed by atoms with Crippen molar-refractivity contribution in [3.63, 3.8) is 0 Å². The lowest BCUT2D eigenvalue weighted by Crippen LogP contribution is -2.14. The lowest BCUT2D eigenvalue weighted by Gasteiger charge is -2.09. The molecule has 0 aliphatic carbocycles. The van der Waals surface area contributed by atoms with Crippen LogP contribution in [0.1, 0.15) is 10.4 Å². The van der Waals surface area contributed by atoms with Gasteiger partial charge in [-0.3, -0.25) is 4.72 Å². The SMILES string of the molecule is O=C(O)c1ccc(Cl)cc1NS(=O)(=O)c1ccc(Br)s1. The van der Waals surface area contributed by atoms with Crippen LogP contribution in [0.2, 0.25) is 5.02 Å². The van der Waals surface area contributed by atoms with E-state index in [1.54, 1.807) is 6.07 Å². The number of rotatable bonds is 4. The Kier molecular flexibility index (Phi) is 4.38. The molecule has 20 heavy (non-hydrogen) atoms. The molecule has 0 saturated heterocycles. The quantitative estimate of drug-likeness (QED) is 0.826. The van der Waals surface area contributed by atoms with Crippen LogP contribution in [-0.2, 0) is 10.0 Å². The first kappa shape index (κ1) is 15.3. The number of carboxylic acid groups (broad SMARTS) is 1. The summed E-state index contributed by atoms with van der Waals surface area (Å²) >= 11 is 9.96. The van der Waals surface area contributed by atoms with Crippen LogP contribution in [0.25, 0.3) is 0 Å². The maximum atomic E-state index is 12.1. The molecule has 0 spiro atoms. The number of anilines is 1. The lowest BCUT2D eigenvalue weighted by molar-refractivity contribution is 0.0698. The Morgan fingerprint density at radius 1 is 1.30 bits per heavy atom. The summed E-state index contributed by atoms with van der Waals surface area (Å²) in [5.74, 6) is -1.24. The Morgan fingerprint density at radius 3 is 2.55 bits per heavy atom. The molecule has 5 nitrogen and oxygen atoms in total. The molecule has 0 aliphatic heterocycles. The number of carboxylic acids is 1. The van der Waals surface area contributed by atoms with E-state index in [9.17, 15) is 13.2 Å². The number of halogens is 2. The van der Waals surface area contributed by atoms with E-state index in [1.807, 2.05) is 0 Å². The van der Waals surface area contributed by atoms with Gasteiger partial charge in [-0.05, 0) is 46.3 Å². The predicted molar refractivity (Wildman–Crippen MR) is 81.2 cm³/mol. The van der Waals surface area contributed by atoms with Crippen LogP contribution in [0.3, 0.4) is 0 Å². The number of benzene rings is 1. The molecule has 0 radical (unpaired) electrons. The van der Waals surface area contributed by atoms with E-state index in [2.05, 4.69) is 20.7 Å². The minimum atomic E-state index is -3.85. The molecule has 0 bridgehead atoms. The zero-order chi connectivity index (χ0) is 14.9.